The quantitative estimate of drug-likeness (QED) is 0.836. The Morgan fingerprint density at radius 2 is 2.44 bits per heavy atom. The maximum Gasteiger partial charge on any atom is 0.243 e. The second-order valence-corrected chi connectivity index (χ2v) is 4.37. The average Bonchev–Trinajstić information content (AvgIpc) is 2.76. The van der Waals surface area contributed by atoms with E-state index in [9.17, 15) is 5.11 Å². The molecule has 90 valence electrons. The van der Waals surface area contributed by atoms with E-state index in [1.807, 2.05) is 13.8 Å². The fourth-order valence-electron chi connectivity index (χ4n) is 2.07. The molecule has 1 N–H and O–H groups in total. The standard InChI is InChI=1S/C11H19N3O2/c1-3-10-12-11(16-13-10)8(2)14-6-4-5-9(15)7-14/h8-9,15H,3-7H2,1-2H3/t8-,9-/m0/s1. The first kappa shape index (κ1) is 11.5. The molecule has 0 amide bonds. The van der Waals surface area contributed by atoms with Crippen LogP contribution in [0.3, 0.4) is 0 Å². The minimum absolute atomic E-state index is 0.0998. The van der Waals surface area contributed by atoms with E-state index in [4.69, 9.17) is 4.52 Å². The summed E-state index contributed by atoms with van der Waals surface area (Å²) in [5, 5.41) is 13.5. The van der Waals surface area contributed by atoms with Crippen molar-refractivity contribution >= 4 is 0 Å². The Morgan fingerprint density at radius 1 is 1.62 bits per heavy atom. The second-order valence-electron chi connectivity index (χ2n) is 4.37. The van der Waals surface area contributed by atoms with Gasteiger partial charge in [0.05, 0.1) is 12.1 Å². The van der Waals surface area contributed by atoms with E-state index < -0.39 is 0 Å². The van der Waals surface area contributed by atoms with Crippen molar-refractivity contribution in [1.29, 1.82) is 0 Å². The Kier molecular flexibility index (Phi) is 3.56. The molecule has 0 aromatic carbocycles. The number of aryl methyl sites for hydroxylation is 1. The molecule has 2 heterocycles. The van der Waals surface area contributed by atoms with Crippen LogP contribution in [0.5, 0.6) is 0 Å². The Balaban J connectivity index is 2.02. The SMILES string of the molecule is CCc1noc([C@H](C)N2CCC[C@H](O)C2)n1. The van der Waals surface area contributed by atoms with Gasteiger partial charge in [0.1, 0.15) is 0 Å². The van der Waals surface area contributed by atoms with E-state index in [1.54, 1.807) is 0 Å². The van der Waals surface area contributed by atoms with Crippen LogP contribution in [0.25, 0.3) is 0 Å². The van der Waals surface area contributed by atoms with Crippen molar-refractivity contribution in [3.8, 4) is 0 Å². The van der Waals surface area contributed by atoms with Crippen LogP contribution in [0.1, 0.15) is 44.4 Å². The predicted molar refractivity (Wildman–Crippen MR) is 58.9 cm³/mol. The molecule has 16 heavy (non-hydrogen) atoms. The number of likely N-dealkylation sites (tertiary alicyclic amines) is 1. The van der Waals surface area contributed by atoms with Gasteiger partial charge in [-0.25, -0.2) is 0 Å². The van der Waals surface area contributed by atoms with Crippen molar-refractivity contribution in [3.05, 3.63) is 11.7 Å². The van der Waals surface area contributed by atoms with Crippen molar-refractivity contribution in [2.45, 2.75) is 45.3 Å². The minimum Gasteiger partial charge on any atom is -0.392 e. The van der Waals surface area contributed by atoms with Crippen molar-refractivity contribution in [3.63, 3.8) is 0 Å². The predicted octanol–water partition coefficient (Wildman–Crippen LogP) is 1.15. The summed E-state index contributed by atoms with van der Waals surface area (Å²) in [4.78, 5) is 6.52. The Hall–Kier alpha value is -0.940. The van der Waals surface area contributed by atoms with Crippen LogP contribution in [-0.2, 0) is 6.42 Å². The third-order valence-corrected chi connectivity index (χ3v) is 3.13. The van der Waals surface area contributed by atoms with E-state index >= 15 is 0 Å². The molecular weight excluding hydrogens is 206 g/mol. The highest BCUT2D eigenvalue weighted by Crippen LogP contribution is 2.22. The largest absolute Gasteiger partial charge is 0.392 e. The Morgan fingerprint density at radius 3 is 3.06 bits per heavy atom. The molecule has 2 atom stereocenters. The summed E-state index contributed by atoms with van der Waals surface area (Å²) in [6, 6.07) is 0.0998. The van der Waals surface area contributed by atoms with Crippen LogP contribution < -0.4 is 0 Å². The van der Waals surface area contributed by atoms with Crippen molar-refractivity contribution < 1.29 is 9.63 Å². The lowest BCUT2D eigenvalue weighted by Gasteiger charge is -2.32. The van der Waals surface area contributed by atoms with Crippen molar-refractivity contribution in [1.82, 2.24) is 15.0 Å². The number of aliphatic hydroxyl groups excluding tert-OH is 1. The summed E-state index contributed by atoms with van der Waals surface area (Å²) >= 11 is 0. The molecule has 5 nitrogen and oxygen atoms in total. The number of aliphatic hydroxyl groups is 1. The molecule has 1 saturated heterocycles. The van der Waals surface area contributed by atoms with Crippen LogP contribution in [0, 0.1) is 0 Å². The van der Waals surface area contributed by atoms with Gasteiger partial charge in [0, 0.05) is 13.0 Å². The first-order valence-corrected chi connectivity index (χ1v) is 5.95. The first-order chi connectivity index (χ1) is 7.70. The Labute approximate surface area is 95.4 Å². The number of hydrogen-bond donors (Lipinski definition) is 1. The van der Waals surface area contributed by atoms with E-state index in [0.29, 0.717) is 12.4 Å². The van der Waals surface area contributed by atoms with E-state index in [1.165, 1.54) is 0 Å². The lowest BCUT2D eigenvalue weighted by atomic mass is 10.1. The van der Waals surface area contributed by atoms with Crippen LogP contribution in [0.15, 0.2) is 4.52 Å². The lowest BCUT2D eigenvalue weighted by molar-refractivity contribution is 0.0422. The molecule has 1 aliphatic rings. The molecule has 0 aliphatic carbocycles. The number of β-amino-alcohol motifs (C(OH)–C–C–N with tert-alkyl or cyclic N) is 1. The normalized spacial score (nSPS) is 24.6. The number of nitrogens with zero attached hydrogens (tertiary/aromatic N) is 3. The molecule has 0 bridgehead atoms. The molecule has 0 saturated carbocycles. The van der Waals surface area contributed by atoms with E-state index in [-0.39, 0.29) is 12.1 Å². The molecular formula is C11H19N3O2. The van der Waals surface area contributed by atoms with Gasteiger partial charge in [-0.05, 0) is 26.3 Å². The number of piperidine rings is 1. The zero-order valence-electron chi connectivity index (χ0n) is 9.89. The smallest absolute Gasteiger partial charge is 0.243 e. The molecule has 5 heteroatoms. The average molecular weight is 225 g/mol. The van der Waals surface area contributed by atoms with Crippen LogP contribution >= 0.6 is 0 Å². The van der Waals surface area contributed by atoms with Gasteiger partial charge in [0.15, 0.2) is 5.82 Å². The van der Waals surface area contributed by atoms with Gasteiger partial charge in [0.2, 0.25) is 5.89 Å². The van der Waals surface area contributed by atoms with Crippen LogP contribution in [-0.4, -0.2) is 39.3 Å². The van der Waals surface area contributed by atoms with Crippen LogP contribution in [0.4, 0.5) is 0 Å². The monoisotopic (exact) mass is 225 g/mol. The molecule has 0 spiro atoms. The van der Waals surface area contributed by atoms with Gasteiger partial charge >= 0.3 is 0 Å². The zero-order chi connectivity index (χ0) is 11.5. The highest BCUT2D eigenvalue weighted by molar-refractivity contribution is 4.93. The minimum atomic E-state index is -0.218. The molecule has 0 radical (unpaired) electrons. The summed E-state index contributed by atoms with van der Waals surface area (Å²) < 4.78 is 5.22. The first-order valence-electron chi connectivity index (χ1n) is 5.95. The molecule has 2 rings (SSSR count). The molecule has 1 aromatic rings. The van der Waals surface area contributed by atoms with E-state index in [2.05, 4.69) is 15.0 Å². The maximum absolute atomic E-state index is 9.62. The van der Waals surface area contributed by atoms with Gasteiger partial charge < -0.3 is 9.63 Å². The van der Waals surface area contributed by atoms with Gasteiger partial charge in [-0.15, -0.1) is 0 Å². The summed E-state index contributed by atoms with van der Waals surface area (Å²) in [7, 11) is 0. The highest BCUT2D eigenvalue weighted by atomic mass is 16.5. The fraction of sp³-hybridized carbons (Fsp3) is 0.818. The summed E-state index contributed by atoms with van der Waals surface area (Å²) in [6.45, 7) is 5.74. The third kappa shape index (κ3) is 2.41. The Bertz CT molecular complexity index is 340. The summed E-state index contributed by atoms with van der Waals surface area (Å²) in [5.74, 6) is 1.41. The molecule has 1 fully saturated rings. The molecule has 0 unspecified atom stereocenters. The molecule has 1 aliphatic heterocycles. The maximum atomic E-state index is 9.62. The van der Waals surface area contributed by atoms with Gasteiger partial charge in [-0.1, -0.05) is 12.1 Å². The lowest BCUT2D eigenvalue weighted by Crippen LogP contribution is -2.39. The van der Waals surface area contributed by atoms with Gasteiger partial charge in [0.25, 0.3) is 0 Å². The summed E-state index contributed by atoms with van der Waals surface area (Å²) in [5.41, 5.74) is 0. The van der Waals surface area contributed by atoms with E-state index in [0.717, 1.165) is 31.6 Å². The highest BCUT2D eigenvalue weighted by Gasteiger charge is 2.26. The fourth-order valence-corrected chi connectivity index (χ4v) is 2.07. The van der Waals surface area contributed by atoms with Crippen molar-refractivity contribution in [2.75, 3.05) is 13.1 Å². The number of aromatic nitrogens is 2. The van der Waals surface area contributed by atoms with Crippen molar-refractivity contribution in [2.24, 2.45) is 0 Å². The zero-order valence-corrected chi connectivity index (χ0v) is 9.89. The number of hydrogen-bond acceptors (Lipinski definition) is 5. The third-order valence-electron chi connectivity index (χ3n) is 3.13. The number of rotatable bonds is 3. The van der Waals surface area contributed by atoms with Gasteiger partial charge in [-0.3, -0.25) is 4.90 Å². The van der Waals surface area contributed by atoms with Gasteiger partial charge in [-0.2, -0.15) is 4.98 Å². The second kappa shape index (κ2) is 4.93. The van der Waals surface area contributed by atoms with Crippen LogP contribution in [0.2, 0.25) is 0 Å². The summed E-state index contributed by atoms with van der Waals surface area (Å²) in [6.07, 6.45) is 2.50. The molecule has 1 aromatic heterocycles. The topological polar surface area (TPSA) is 62.4 Å².